The molecule has 0 unspecified atom stereocenters. The zero-order valence-electron chi connectivity index (χ0n) is 7.12. The van der Waals surface area contributed by atoms with Gasteiger partial charge in [-0.15, -0.1) is 0 Å². The smallest absolute Gasteiger partial charge is 0.235 e. The van der Waals surface area contributed by atoms with E-state index < -0.39 is 11.8 Å². The average Bonchev–Trinajstić information content (AvgIpc) is 2.34. The van der Waals surface area contributed by atoms with E-state index in [0.29, 0.717) is 12.8 Å². The summed E-state index contributed by atoms with van der Waals surface area (Å²) in [5.41, 5.74) is 0. The van der Waals surface area contributed by atoms with Gasteiger partial charge in [-0.3, -0.25) is 14.4 Å². The molecule has 1 saturated carbocycles. The first kappa shape index (κ1) is 9.96. The molecule has 2 radical (unpaired) electrons. The van der Waals surface area contributed by atoms with E-state index in [4.69, 9.17) is 7.85 Å². The molecule has 1 aliphatic rings. The van der Waals surface area contributed by atoms with E-state index in [2.05, 4.69) is 4.74 Å². The zero-order valence-corrected chi connectivity index (χ0v) is 7.12. The number of hydrogen-bond acceptors (Lipinski definition) is 4. The van der Waals surface area contributed by atoms with E-state index in [-0.39, 0.29) is 24.6 Å². The molecule has 1 aliphatic carbocycles. The van der Waals surface area contributed by atoms with Crippen LogP contribution in [0.4, 0.5) is 4.79 Å². The van der Waals surface area contributed by atoms with Crippen molar-refractivity contribution in [1.82, 2.24) is 0 Å². The third-order valence-corrected chi connectivity index (χ3v) is 2.05. The van der Waals surface area contributed by atoms with Crippen LogP contribution in [0, 0.1) is 5.92 Å². The predicted octanol–water partition coefficient (Wildman–Crippen LogP) is 0.230. The molecule has 0 aromatic heterocycles. The predicted molar refractivity (Wildman–Crippen MR) is 44.5 cm³/mol. The Labute approximate surface area is 77.0 Å². The van der Waals surface area contributed by atoms with Crippen LogP contribution in [0.25, 0.3) is 0 Å². The molecule has 0 aromatic rings. The lowest BCUT2D eigenvalue weighted by Gasteiger charge is -2.06. The van der Waals surface area contributed by atoms with E-state index in [9.17, 15) is 14.4 Å². The summed E-state index contributed by atoms with van der Waals surface area (Å²) in [6.07, 6.45) is 0.904. The van der Waals surface area contributed by atoms with Gasteiger partial charge in [0.15, 0.2) is 0 Å². The molecular weight excluding hydrogens is 171 g/mol. The van der Waals surface area contributed by atoms with E-state index in [1.54, 1.807) is 0 Å². The Morgan fingerprint density at radius 3 is 2.38 bits per heavy atom. The highest BCUT2D eigenvalue weighted by Gasteiger charge is 2.32. The molecule has 0 saturated heterocycles. The highest BCUT2D eigenvalue weighted by molar-refractivity contribution is 6.55. The van der Waals surface area contributed by atoms with Crippen LogP contribution in [-0.2, 0) is 14.3 Å². The monoisotopic (exact) mass is 180 g/mol. The highest BCUT2D eigenvalue weighted by atomic mass is 16.5. The molecule has 0 amide bonds. The Balaban J connectivity index is 2.31. The third kappa shape index (κ3) is 2.68. The van der Waals surface area contributed by atoms with Crippen molar-refractivity contribution in [2.24, 2.45) is 5.92 Å². The molecular formula is C8H9BO4. The van der Waals surface area contributed by atoms with E-state index in [0.717, 1.165) is 0 Å². The lowest BCUT2D eigenvalue weighted by molar-refractivity contribution is -0.127. The molecule has 4 nitrogen and oxygen atoms in total. The standard InChI is InChI=1S/C8H9BO4/c9-8(12)13-4-3-5-6(10)1-2-7(5)11/h5H,1-4H2. The number of Topliss-reactive ketones (excluding diaryl/α,β-unsaturated/α-hetero) is 2. The first-order valence-electron chi connectivity index (χ1n) is 4.09. The van der Waals surface area contributed by atoms with Crippen molar-refractivity contribution in [3.8, 4) is 0 Å². The molecule has 0 N–H and O–H groups in total. The van der Waals surface area contributed by atoms with Gasteiger partial charge < -0.3 is 4.74 Å². The molecule has 5 heteroatoms. The van der Waals surface area contributed by atoms with Gasteiger partial charge >= 0.3 is 0 Å². The van der Waals surface area contributed by atoms with Gasteiger partial charge in [0.05, 0.1) is 12.5 Å². The summed E-state index contributed by atoms with van der Waals surface area (Å²) >= 11 is 0. The molecule has 13 heavy (non-hydrogen) atoms. The summed E-state index contributed by atoms with van der Waals surface area (Å²) in [5.74, 6) is -1.56. The van der Waals surface area contributed by atoms with Gasteiger partial charge in [-0.2, -0.15) is 0 Å². The maximum atomic E-state index is 11.1. The van der Waals surface area contributed by atoms with E-state index in [1.807, 2.05) is 0 Å². The fourth-order valence-corrected chi connectivity index (χ4v) is 1.37. The van der Waals surface area contributed by atoms with Gasteiger partial charge in [-0.05, 0) is 6.42 Å². The SMILES string of the molecule is [B]C(=O)OCCC1C(=O)CCC1=O. The minimum absolute atomic E-state index is 0.0392. The highest BCUT2D eigenvalue weighted by Crippen LogP contribution is 2.20. The summed E-state index contributed by atoms with van der Waals surface area (Å²) in [6, 6.07) is 0. The summed E-state index contributed by atoms with van der Waals surface area (Å²) in [6.45, 7) is 0.0392. The minimum atomic E-state index is -0.877. The van der Waals surface area contributed by atoms with Gasteiger partial charge in [0, 0.05) is 12.8 Å². The Kier molecular flexibility index (Phi) is 3.22. The minimum Gasteiger partial charge on any atom is -0.475 e. The fourth-order valence-electron chi connectivity index (χ4n) is 1.37. The largest absolute Gasteiger partial charge is 0.475 e. The van der Waals surface area contributed by atoms with Crippen molar-refractivity contribution >= 4 is 25.3 Å². The Bertz CT molecular complexity index is 233. The van der Waals surface area contributed by atoms with Crippen molar-refractivity contribution in [3.05, 3.63) is 0 Å². The molecule has 0 bridgehead atoms. The second-order valence-corrected chi connectivity index (χ2v) is 2.94. The van der Waals surface area contributed by atoms with Gasteiger partial charge in [0.1, 0.15) is 11.6 Å². The maximum absolute atomic E-state index is 11.1. The number of hydrogen-bond donors (Lipinski definition) is 0. The van der Waals surface area contributed by atoms with Gasteiger partial charge in [-0.25, -0.2) is 0 Å². The Morgan fingerprint density at radius 2 is 1.92 bits per heavy atom. The molecule has 0 aliphatic heterocycles. The van der Waals surface area contributed by atoms with E-state index in [1.165, 1.54) is 0 Å². The first-order chi connectivity index (χ1) is 6.11. The van der Waals surface area contributed by atoms with Crippen LogP contribution in [0.3, 0.4) is 0 Å². The quantitative estimate of drug-likeness (QED) is 0.460. The molecule has 68 valence electrons. The van der Waals surface area contributed by atoms with Crippen molar-refractivity contribution in [2.45, 2.75) is 19.3 Å². The molecule has 0 heterocycles. The van der Waals surface area contributed by atoms with Gasteiger partial charge in [0.2, 0.25) is 13.7 Å². The third-order valence-electron chi connectivity index (χ3n) is 2.05. The van der Waals surface area contributed by atoms with Crippen molar-refractivity contribution in [1.29, 1.82) is 0 Å². The number of ether oxygens (including phenoxy) is 1. The van der Waals surface area contributed by atoms with Crippen LogP contribution >= 0.6 is 0 Å². The van der Waals surface area contributed by atoms with Crippen molar-refractivity contribution < 1.29 is 19.1 Å². The topological polar surface area (TPSA) is 60.4 Å². The summed E-state index contributed by atoms with van der Waals surface area (Å²) in [7, 11) is 4.72. The molecule has 0 aromatic carbocycles. The number of carbonyl (C=O) groups excluding carboxylic acids is 3. The van der Waals surface area contributed by atoms with Crippen LogP contribution in [-0.4, -0.2) is 31.9 Å². The van der Waals surface area contributed by atoms with Crippen LogP contribution in [0.1, 0.15) is 19.3 Å². The van der Waals surface area contributed by atoms with Crippen molar-refractivity contribution in [2.75, 3.05) is 6.61 Å². The lowest BCUT2D eigenvalue weighted by atomic mass is 10.0. The summed E-state index contributed by atoms with van der Waals surface area (Å²) in [4.78, 5) is 32.3. The van der Waals surface area contributed by atoms with E-state index >= 15 is 0 Å². The molecule has 0 spiro atoms. The normalized spacial score (nSPS) is 17.8. The zero-order chi connectivity index (χ0) is 9.84. The van der Waals surface area contributed by atoms with Gasteiger partial charge in [-0.1, -0.05) is 0 Å². The number of rotatable bonds is 3. The molecule has 1 fully saturated rings. The van der Waals surface area contributed by atoms with Crippen LogP contribution in [0.15, 0.2) is 0 Å². The Morgan fingerprint density at radius 1 is 1.38 bits per heavy atom. The summed E-state index contributed by atoms with van der Waals surface area (Å²) in [5, 5.41) is 0. The number of ketones is 2. The van der Waals surface area contributed by atoms with Crippen molar-refractivity contribution in [3.63, 3.8) is 0 Å². The van der Waals surface area contributed by atoms with Crippen LogP contribution in [0.2, 0.25) is 0 Å². The Hall–Kier alpha value is -1.13. The second-order valence-electron chi connectivity index (χ2n) is 2.94. The summed E-state index contributed by atoms with van der Waals surface area (Å²) < 4.78 is 4.43. The van der Waals surface area contributed by atoms with Crippen LogP contribution < -0.4 is 0 Å². The molecule has 1 rings (SSSR count). The van der Waals surface area contributed by atoms with Crippen LogP contribution in [0.5, 0.6) is 0 Å². The molecule has 0 atom stereocenters. The maximum Gasteiger partial charge on any atom is 0.235 e. The first-order valence-corrected chi connectivity index (χ1v) is 4.09. The average molecular weight is 180 g/mol. The van der Waals surface area contributed by atoms with Gasteiger partial charge in [0.25, 0.3) is 0 Å². The second kappa shape index (κ2) is 4.21. The lowest BCUT2D eigenvalue weighted by Crippen LogP contribution is -2.17. The fraction of sp³-hybridized carbons (Fsp3) is 0.625. The number of carbonyl (C=O) groups is 3.